The van der Waals surface area contributed by atoms with Crippen LogP contribution >= 0.6 is 0 Å². The van der Waals surface area contributed by atoms with Crippen molar-refractivity contribution in [3.63, 3.8) is 0 Å². The molecule has 0 saturated carbocycles. The van der Waals surface area contributed by atoms with E-state index in [1.165, 1.54) is 6.07 Å². The average molecular weight is 252 g/mol. The van der Waals surface area contributed by atoms with E-state index in [-0.39, 0.29) is 11.8 Å². The predicted octanol–water partition coefficient (Wildman–Crippen LogP) is 3.65. The van der Waals surface area contributed by atoms with E-state index < -0.39 is 0 Å². The summed E-state index contributed by atoms with van der Waals surface area (Å²) in [5, 5.41) is 2.64. The second-order valence-corrected chi connectivity index (χ2v) is 3.90. The topological polar surface area (TPSA) is 32.3 Å². The molecule has 100 valence electrons. The Kier molecular flexibility index (Phi) is 5.62. The molecule has 0 bridgehead atoms. The number of para-hydroxylation sites is 1. The minimum atomic E-state index is -0.367. The van der Waals surface area contributed by atoms with E-state index in [1.54, 1.807) is 11.0 Å². The Morgan fingerprint density at radius 1 is 1.39 bits per heavy atom. The molecule has 1 N–H and O–H groups in total. The molecule has 0 radical (unpaired) electrons. The van der Waals surface area contributed by atoms with Gasteiger partial charge in [0, 0.05) is 13.1 Å². The fourth-order valence-corrected chi connectivity index (χ4v) is 1.71. The maximum Gasteiger partial charge on any atom is 0.321 e. The first-order valence-corrected chi connectivity index (χ1v) is 6.55. The van der Waals surface area contributed by atoms with Gasteiger partial charge in [-0.25, -0.2) is 9.18 Å². The van der Waals surface area contributed by atoms with Crippen molar-refractivity contribution in [3.8, 4) is 0 Å². The zero-order valence-electron chi connectivity index (χ0n) is 11.3. The molecule has 18 heavy (non-hydrogen) atoms. The van der Waals surface area contributed by atoms with Crippen LogP contribution in [0.1, 0.15) is 32.8 Å². The Hall–Kier alpha value is -1.58. The number of hydrogen-bond acceptors (Lipinski definition) is 1. The van der Waals surface area contributed by atoms with Gasteiger partial charge in [0.05, 0.1) is 5.69 Å². The third kappa shape index (κ3) is 3.22. The van der Waals surface area contributed by atoms with Crippen LogP contribution in [0.3, 0.4) is 0 Å². The molecular weight excluding hydrogens is 231 g/mol. The molecule has 1 fully saturated rings. The summed E-state index contributed by atoms with van der Waals surface area (Å²) in [6, 6.07) is 4.65. The first kappa shape index (κ1) is 14.5. The monoisotopic (exact) mass is 252 g/mol. The Morgan fingerprint density at radius 3 is 2.56 bits per heavy atom. The molecule has 0 atom stereocenters. The quantitative estimate of drug-likeness (QED) is 0.856. The second-order valence-electron chi connectivity index (χ2n) is 3.90. The van der Waals surface area contributed by atoms with Crippen molar-refractivity contribution in [2.45, 2.75) is 33.6 Å². The molecule has 2 rings (SSSR count). The average Bonchev–Trinajstić information content (AvgIpc) is 2.32. The van der Waals surface area contributed by atoms with Gasteiger partial charge in [-0.05, 0) is 24.5 Å². The smallest absolute Gasteiger partial charge is 0.321 e. The van der Waals surface area contributed by atoms with Crippen molar-refractivity contribution in [1.82, 2.24) is 4.90 Å². The van der Waals surface area contributed by atoms with Gasteiger partial charge in [-0.3, -0.25) is 0 Å². The van der Waals surface area contributed by atoms with Crippen LogP contribution < -0.4 is 5.32 Å². The van der Waals surface area contributed by atoms with Gasteiger partial charge < -0.3 is 10.2 Å². The Balaban J connectivity index is 0.000000771. The lowest BCUT2D eigenvalue weighted by Gasteiger charge is -2.31. The van der Waals surface area contributed by atoms with E-state index in [1.807, 2.05) is 26.8 Å². The van der Waals surface area contributed by atoms with E-state index >= 15 is 0 Å². The summed E-state index contributed by atoms with van der Waals surface area (Å²) in [5.74, 6) is -0.367. The van der Waals surface area contributed by atoms with Gasteiger partial charge >= 0.3 is 6.03 Å². The molecule has 1 aromatic carbocycles. The molecule has 2 amide bonds. The number of nitrogens with zero attached hydrogens (tertiary/aromatic N) is 1. The van der Waals surface area contributed by atoms with E-state index in [9.17, 15) is 9.18 Å². The fourth-order valence-electron chi connectivity index (χ4n) is 1.71. The zero-order valence-corrected chi connectivity index (χ0v) is 11.3. The van der Waals surface area contributed by atoms with Gasteiger partial charge in [-0.2, -0.15) is 0 Å². The molecule has 0 unspecified atom stereocenters. The van der Waals surface area contributed by atoms with Crippen LogP contribution in [0.15, 0.2) is 18.2 Å². The summed E-state index contributed by atoms with van der Waals surface area (Å²) in [5.41, 5.74) is 1.15. The molecule has 3 nitrogen and oxygen atoms in total. The van der Waals surface area contributed by atoms with Crippen LogP contribution in [-0.4, -0.2) is 24.0 Å². The number of urea groups is 1. The molecule has 1 aromatic rings. The molecule has 1 aliphatic rings. The van der Waals surface area contributed by atoms with Crippen LogP contribution in [0, 0.1) is 5.82 Å². The minimum absolute atomic E-state index is 0.203. The molecule has 1 heterocycles. The molecule has 1 aliphatic heterocycles. The number of likely N-dealkylation sites (tertiary alicyclic amines) is 1. The van der Waals surface area contributed by atoms with Crippen LogP contribution in [0.2, 0.25) is 0 Å². The molecule has 0 aromatic heterocycles. The molecule has 0 spiro atoms. The van der Waals surface area contributed by atoms with Gasteiger partial charge in [0.25, 0.3) is 0 Å². The van der Waals surface area contributed by atoms with Crippen LogP contribution in [0.5, 0.6) is 0 Å². The molecular formula is C14H21FN2O. The largest absolute Gasteiger partial charge is 0.324 e. The Labute approximate surface area is 108 Å². The number of carbonyl (C=O) groups excluding carboxylic acids is 1. The number of nitrogens with one attached hydrogen (secondary N) is 1. The number of carbonyl (C=O) groups is 1. The molecule has 4 heteroatoms. The molecule has 1 saturated heterocycles. The highest BCUT2D eigenvalue weighted by atomic mass is 19.1. The highest BCUT2D eigenvalue weighted by molar-refractivity contribution is 5.90. The van der Waals surface area contributed by atoms with E-state index in [2.05, 4.69) is 5.32 Å². The summed E-state index contributed by atoms with van der Waals surface area (Å²) in [6.45, 7) is 7.47. The maximum atomic E-state index is 13.5. The Morgan fingerprint density at radius 2 is 2.06 bits per heavy atom. The Bertz CT molecular complexity index is 403. The number of halogens is 1. The fraction of sp³-hybridized carbons (Fsp3) is 0.500. The highest BCUT2D eigenvalue weighted by Gasteiger charge is 2.21. The van der Waals surface area contributed by atoms with E-state index in [4.69, 9.17) is 0 Å². The highest BCUT2D eigenvalue weighted by Crippen LogP contribution is 2.21. The van der Waals surface area contributed by atoms with Crippen molar-refractivity contribution in [1.29, 1.82) is 0 Å². The lowest BCUT2D eigenvalue weighted by molar-refractivity contribution is 0.181. The van der Waals surface area contributed by atoms with Crippen LogP contribution in [-0.2, 0) is 6.42 Å². The minimum Gasteiger partial charge on any atom is -0.324 e. The molecule has 0 aliphatic carbocycles. The van der Waals surface area contributed by atoms with E-state index in [0.29, 0.717) is 12.1 Å². The summed E-state index contributed by atoms with van der Waals surface area (Å²) in [7, 11) is 0. The van der Waals surface area contributed by atoms with Crippen molar-refractivity contribution in [3.05, 3.63) is 29.6 Å². The summed E-state index contributed by atoms with van der Waals surface area (Å²) >= 11 is 0. The third-order valence-corrected chi connectivity index (χ3v) is 2.86. The number of anilines is 1. The lowest BCUT2D eigenvalue weighted by Crippen LogP contribution is -2.44. The lowest BCUT2D eigenvalue weighted by atomic mass is 10.1. The number of benzene rings is 1. The standard InChI is InChI=1S/C12H15FN2O.C2H6/c1-2-9-5-3-6-10(13)11(9)14-12(16)15-7-4-8-15;1-2/h3,5-6H,2,4,7-8H2,1H3,(H,14,16);1-2H3. The summed E-state index contributed by atoms with van der Waals surface area (Å²) < 4.78 is 13.5. The van der Waals surface area contributed by atoms with Crippen LogP contribution in [0.4, 0.5) is 14.9 Å². The van der Waals surface area contributed by atoms with Crippen molar-refractivity contribution in [2.24, 2.45) is 0 Å². The first-order valence-electron chi connectivity index (χ1n) is 6.55. The number of amides is 2. The normalized spacial score (nSPS) is 13.2. The zero-order chi connectivity index (χ0) is 13.5. The second kappa shape index (κ2) is 6.99. The number of rotatable bonds is 2. The van der Waals surface area contributed by atoms with Gasteiger partial charge in [-0.15, -0.1) is 0 Å². The van der Waals surface area contributed by atoms with E-state index in [0.717, 1.165) is 25.1 Å². The number of hydrogen-bond donors (Lipinski definition) is 1. The SMILES string of the molecule is CC.CCc1cccc(F)c1NC(=O)N1CCC1. The maximum absolute atomic E-state index is 13.5. The number of aryl methyl sites for hydroxylation is 1. The van der Waals surface area contributed by atoms with Crippen molar-refractivity contribution in [2.75, 3.05) is 18.4 Å². The van der Waals surface area contributed by atoms with Crippen molar-refractivity contribution < 1.29 is 9.18 Å². The van der Waals surface area contributed by atoms with Gasteiger partial charge in [0.2, 0.25) is 0 Å². The summed E-state index contributed by atoms with van der Waals surface area (Å²) in [4.78, 5) is 13.3. The van der Waals surface area contributed by atoms with Gasteiger partial charge in [0.1, 0.15) is 5.82 Å². The predicted molar refractivity (Wildman–Crippen MR) is 72.3 cm³/mol. The van der Waals surface area contributed by atoms with Gasteiger partial charge in [-0.1, -0.05) is 32.9 Å². The van der Waals surface area contributed by atoms with Crippen LogP contribution in [0.25, 0.3) is 0 Å². The first-order chi connectivity index (χ1) is 8.72. The van der Waals surface area contributed by atoms with Crippen molar-refractivity contribution >= 4 is 11.7 Å². The third-order valence-electron chi connectivity index (χ3n) is 2.86. The summed E-state index contributed by atoms with van der Waals surface area (Å²) in [6.07, 6.45) is 1.73. The van der Waals surface area contributed by atoms with Gasteiger partial charge in [0.15, 0.2) is 0 Å².